The molecule has 0 aliphatic rings. The van der Waals surface area contributed by atoms with E-state index in [1.165, 1.54) is 12.1 Å². The predicted molar refractivity (Wildman–Crippen MR) is 56.3 cm³/mol. The Morgan fingerprint density at radius 1 is 1.29 bits per heavy atom. The molecule has 14 heavy (non-hydrogen) atoms. The van der Waals surface area contributed by atoms with Gasteiger partial charge in [-0.05, 0) is 40.6 Å². The second-order valence-corrected chi connectivity index (χ2v) is 3.64. The van der Waals surface area contributed by atoms with Crippen molar-refractivity contribution in [2.45, 2.75) is 0 Å². The lowest BCUT2D eigenvalue weighted by Gasteiger charge is -2.06. The molecular weight excluding hydrogens is 199 g/mol. The number of hydrogen-bond donors (Lipinski definition) is 0. The van der Waals surface area contributed by atoms with Crippen molar-refractivity contribution in [1.29, 1.82) is 0 Å². The zero-order valence-electron chi connectivity index (χ0n) is 7.66. The van der Waals surface area contributed by atoms with Crippen LogP contribution in [0, 0.1) is 5.82 Å². The molecule has 3 heteroatoms. The fourth-order valence-corrected chi connectivity index (χ4v) is 1.98. The molecule has 0 amide bonds. The molecule has 1 nitrogen and oxygen atoms in total. The molecule has 0 spiro atoms. The van der Waals surface area contributed by atoms with E-state index in [1.807, 2.05) is 16.8 Å². The Hall–Kier alpha value is -1.35. The molecule has 0 saturated carbocycles. The van der Waals surface area contributed by atoms with E-state index in [-0.39, 0.29) is 5.82 Å². The lowest BCUT2D eigenvalue weighted by molar-refractivity contribution is 0.415. The van der Waals surface area contributed by atoms with E-state index >= 15 is 0 Å². The molecular formula is C11H9FOS. The first kappa shape index (κ1) is 9.21. The highest BCUT2D eigenvalue weighted by Gasteiger charge is 2.06. The third-order valence-electron chi connectivity index (χ3n) is 1.99. The predicted octanol–water partition coefficient (Wildman–Crippen LogP) is 3.56. The summed E-state index contributed by atoms with van der Waals surface area (Å²) >= 11 is 1.58. The van der Waals surface area contributed by atoms with Gasteiger partial charge in [0.05, 0.1) is 7.11 Å². The highest BCUT2D eigenvalue weighted by atomic mass is 32.1. The second kappa shape index (κ2) is 3.80. The Morgan fingerprint density at radius 2 is 2.14 bits per heavy atom. The van der Waals surface area contributed by atoms with Crippen LogP contribution in [0.15, 0.2) is 35.0 Å². The summed E-state index contributed by atoms with van der Waals surface area (Å²) in [6.45, 7) is 0. The topological polar surface area (TPSA) is 9.23 Å². The molecule has 0 fully saturated rings. The number of thiophene rings is 1. The summed E-state index contributed by atoms with van der Waals surface area (Å²) in [5.41, 5.74) is 1.79. The van der Waals surface area contributed by atoms with Crippen LogP contribution < -0.4 is 4.74 Å². The molecule has 0 N–H and O–H groups in total. The summed E-state index contributed by atoms with van der Waals surface area (Å²) in [6, 6.07) is 6.47. The third-order valence-corrected chi connectivity index (χ3v) is 2.68. The third kappa shape index (κ3) is 1.63. The SMILES string of the molecule is COc1ccc(F)cc1-c1ccsc1. The fourth-order valence-electron chi connectivity index (χ4n) is 1.32. The molecule has 0 atom stereocenters. The van der Waals surface area contributed by atoms with Crippen LogP contribution in [0.2, 0.25) is 0 Å². The van der Waals surface area contributed by atoms with Gasteiger partial charge in [-0.15, -0.1) is 0 Å². The van der Waals surface area contributed by atoms with Crippen LogP contribution >= 0.6 is 11.3 Å². The number of hydrogen-bond acceptors (Lipinski definition) is 2. The van der Waals surface area contributed by atoms with Crippen molar-refractivity contribution >= 4 is 11.3 Å². The minimum atomic E-state index is -0.244. The first-order chi connectivity index (χ1) is 6.81. The minimum Gasteiger partial charge on any atom is -0.496 e. The minimum absolute atomic E-state index is 0.244. The van der Waals surface area contributed by atoms with Crippen molar-refractivity contribution in [2.24, 2.45) is 0 Å². The second-order valence-electron chi connectivity index (χ2n) is 2.86. The van der Waals surface area contributed by atoms with E-state index in [0.29, 0.717) is 5.75 Å². The van der Waals surface area contributed by atoms with E-state index in [9.17, 15) is 4.39 Å². The van der Waals surface area contributed by atoms with E-state index in [2.05, 4.69) is 0 Å². The van der Waals surface area contributed by atoms with Crippen molar-refractivity contribution in [3.63, 3.8) is 0 Å². The summed E-state index contributed by atoms with van der Waals surface area (Å²) in [5, 5.41) is 3.93. The smallest absolute Gasteiger partial charge is 0.126 e. The largest absolute Gasteiger partial charge is 0.496 e. The first-order valence-electron chi connectivity index (χ1n) is 4.17. The van der Waals surface area contributed by atoms with Crippen LogP contribution in [0.1, 0.15) is 0 Å². The highest BCUT2D eigenvalue weighted by Crippen LogP contribution is 2.31. The summed E-state index contributed by atoms with van der Waals surface area (Å²) in [4.78, 5) is 0. The molecule has 1 heterocycles. The van der Waals surface area contributed by atoms with Crippen molar-refractivity contribution in [1.82, 2.24) is 0 Å². The summed E-state index contributed by atoms with van der Waals surface area (Å²) in [7, 11) is 1.59. The van der Waals surface area contributed by atoms with Gasteiger partial charge in [0, 0.05) is 5.56 Å². The van der Waals surface area contributed by atoms with Gasteiger partial charge in [-0.2, -0.15) is 11.3 Å². The van der Waals surface area contributed by atoms with E-state index < -0.39 is 0 Å². The summed E-state index contributed by atoms with van der Waals surface area (Å²) in [5.74, 6) is 0.455. The average Bonchev–Trinajstić information content (AvgIpc) is 2.70. The number of benzene rings is 1. The van der Waals surface area contributed by atoms with Crippen LogP contribution in [0.3, 0.4) is 0 Å². The van der Waals surface area contributed by atoms with Crippen molar-refractivity contribution < 1.29 is 9.13 Å². The number of ether oxygens (including phenoxy) is 1. The van der Waals surface area contributed by atoms with Crippen LogP contribution in [0.25, 0.3) is 11.1 Å². The van der Waals surface area contributed by atoms with E-state index in [1.54, 1.807) is 24.5 Å². The van der Waals surface area contributed by atoms with Gasteiger partial charge in [-0.25, -0.2) is 4.39 Å². The Bertz CT molecular complexity index is 423. The molecule has 0 radical (unpaired) electrons. The van der Waals surface area contributed by atoms with E-state index in [4.69, 9.17) is 4.74 Å². The zero-order valence-corrected chi connectivity index (χ0v) is 8.48. The summed E-state index contributed by atoms with van der Waals surface area (Å²) in [6.07, 6.45) is 0. The van der Waals surface area contributed by atoms with Gasteiger partial charge in [0.1, 0.15) is 11.6 Å². The van der Waals surface area contributed by atoms with Gasteiger partial charge in [0.25, 0.3) is 0 Å². The molecule has 0 unspecified atom stereocenters. The molecule has 1 aromatic heterocycles. The van der Waals surface area contributed by atoms with Crippen LogP contribution in [0.5, 0.6) is 5.75 Å². The lowest BCUT2D eigenvalue weighted by Crippen LogP contribution is -1.87. The maximum Gasteiger partial charge on any atom is 0.126 e. The normalized spacial score (nSPS) is 10.1. The van der Waals surface area contributed by atoms with Crippen LogP contribution in [-0.2, 0) is 0 Å². The molecule has 0 saturated heterocycles. The molecule has 2 rings (SSSR count). The van der Waals surface area contributed by atoms with Gasteiger partial charge in [-0.1, -0.05) is 0 Å². The Labute approximate surface area is 85.8 Å². The number of methoxy groups -OCH3 is 1. The molecule has 72 valence electrons. The quantitative estimate of drug-likeness (QED) is 0.733. The molecule has 0 bridgehead atoms. The average molecular weight is 208 g/mol. The number of halogens is 1. The van der Waals surface area contributed by atoms with E-state index in [0.717, 1.165) is 11.1 Å². The monoisotopic (exact) mass is 208 g/mol. The van der Waals surface area contributed by atoms with Gasteiger partial charge >= 0.3 is 0 Å². The number of rotatable bonds is 2. The van der Waals surface area contributed by atoms with Gasteiger partial charge < -0.3 is 4.74 Å². The van der Waals surface area contributed by atoms with Gasteiger partial charge in [0.2, 0.25) is 0 Å². The Kier molecular flexibility index (Phi) is 2.50. The molecule has 1 aromatic carbocycles. The van der Waals surface area contributed by atoms with Gasteiger partial charge in [0.15, 0.2) is 0 Å². The fraction of sp³-hybridized carbons (Fsp3) is 0.0909. The first-order valence-corrected chi connectivity index (χ1v) is 5.11. The Morgan fingerprint density at radius 3 is 2.79 bits per heavy atom. The van der Waals surface area contributed by atoms with Crippen LogP contribution in [-0.4, -0.2) is 7.11 Å². The van der Waals surface area contributed by atoms with Crippen LogP contribution in [0.4, 0.5) is 4.39 Å². The summed E-state index contributed by atoms with van der Waals surface area (Å²) < 4.78 is 18.2. The van der Waals surface area contributed by atoms with Crippen molar-refractivity contribution in [2.75, 3.05) is 7.11 Å². The molecule has 2 aromatic rings. The molecule has 0 aliphatic heterocycles. The zero-order chi connectivity index (χ0) is 9.97. The standard InChI is InChI=1S/C11H9FOS/c1-13-11-3-2-9(12)6-10(11)8-4-5-14-7-8/h2-7H,1H3. The maximum atomic E-state index is 13.0. The van der Waals surface area contributed by atoms with Crippen molar-refractivity contribution in [3.05, 3.63) is 40.8 Å². The van der Waals surface area contributed by atoms with Gasteiger partial charge in [-0.3, -0.25) is 0 Å². The Balaban J connectivity index is 2.55. The maximum absolute atomic E-state index is 13.0. The highest BCUT2D eigenvalue weighted by molar-refractivity contribution is 7.08. The molecule has 0 aliphatic carbocycles. The van der Waals surface area contributed by atoms with Crippen molar-refractivity contribution in [3.8, 4) is 16.9 Å². The lowest BCUT2D eigenvalue weighted by atomic mass is 10.1.